The maximum Gasteiger partial charge on any atom is 0.410 e. The molecule has 37 heavy (non-hydrogen) atoms. The number of nitrogens with one attached hydrogen (secondary N) is 1. The summed E-state index contributed by atoms with van der Waals surface area (Å²) >= 11 is 0. The van der Waals surface area contributed by atoms with Crippen LogP contribution in [0.3, 0.4) is 0 Å². The minimum absolute atomic E-state index is 0.0883. The molecule has 0 saturated carbocycles. The molecule has 2 N–H and O–H groups in total. The summed E-state index contributed by atoms with van der Waals surface area (Å²) in [5.41, 5.74) is 2.91. The summed E-state index contributed by atoms with van der Waals surface area (Å²) in [6.07, 6.45) is 0.339. The van der Waals surface area contributed by atoms with Crippen molar-refractivity contribution in [3.05, 3.63) is 66.2 Å². The summed E-state index contributed by atoms with van der Waals surface area (Å²) < 4.78 is 5.26. The van der Waals surface area contributed by atoms with E-state index in [0.29, 0.717) is 18.7 Å². The molecule has 0 aliphatic rings. The Kier molecular flexibility index (Phi) is 7.81. The lowest BCUT2D eigenvalue weighted by molar-refractivity contribution is -0.150. The van der Waals surface area contributed by atoms with Crippen LogP contribution in [0.25, 0.3) is 33.3 Å². The molecule has 0 aliphatic heterocycles. The number of carboxylic acid groups (broad SMARTS) is 1. The van der Waals surface area contributed by atoms with Crippen LogP contribution in [0.4, 0.5) is 4.79 Å². The van der Waals surface area contributed by atoms with Crippen molar-refractivity contribution in [1.29, 1.82) is 0 Å². The Labute approximate surface area is 215 Å². The van der Waals surface area contributed by atoms with Crippen molar-refractivity contribution in [1.82, 2.24) is 25.5 Å². The quantitative estimate of drug-likeness (QED) is 0.293. The third-order valence-electron chi connectivity index (χ3n) is 6.93. The van der Waals surface area contributed by atoms with Crippen molar-refractivity contribution >= 4 is 22.8 Å². The van der Waals surface area contributed by atoms with Crippen LogP contribution in [0, 0.1) is 5.41 Å². The molecule has 3 aromatic carbocycles. The molecule has 0 fully saturated rings. The van der Waals surface area contributed by atoms with Crippen LogP contribution in [0.1, 0.15) is 39.2 Å². The molecule has 0 saturated heterocycles. The molecule has 1 heterocycles. The average Bonchev–Trinajstić information content (AvgIpc) is 3.46. The van der Waals surface area contributed by atoms with Gasteiger partial charge in [0.1, 0.15) is 0 Å². The normalized spacial score (nSPS) is 11.4. The van der Waals surface area contributed by atoms with E-state index in [1.165, 1.54) is 4.90 Å². The number of aliphatic carboxylic acids is 1. The predicted octanol–water partition coefficient (Wildman–Crippen LogP) is 5.54. The first kappa shape index (κ1) is 25.8. The number of aromatic nitrogens is 4. The van der Waals surface area contributed by atoms with Crippen LogP contribution >= 0.6 is 0 Å². The van der Waals surface area contributed by atoms with Gasteiger partial charge >= 0.3 is 12.1 Å². The highest BCUT2D eigenvalue weighted by Gasteiger charge is 2.38. The van der Waals surface area contributed by atoms with Gasteiger partial charge in [-0.2, -0.15) is 5.21 Å². The number of ether oxygens (including phenoxy) is 1. The number of carbonyl (C=O) groups excluding carboxylic acids is 1. The highest BCUT2D eigenvalue weighted by Crippen LogP contribution is 2.30. The first-order chi connectivity index (χ1) is 17.9. The third-order valence-corrected chi connectivity index (χ3v) is 6.93. The smallest absolute Gasteiger partial charge is 0.410 e. The molecule has 9 nitrogen and oxygen atoms in total. The van der Waals surface area contributed by atoms with Gasteiger partial charge in [-0.15, -0.1) is 10.2 Å². The SMILES string of the molecule is CCOC(=O)N(Cc1ccc2cc(-c3ccc(-c4nn[nH]n4)cc3)ccc2c1)CC(CC)(CC)C(=O)O. The van der Waals surface area contributed by atoms with Crippen LogP contribution in [0.5, 0.6) is 0 Å². The number of fused-ring (bicyclic) bond motifs is 1. The third kappa shape index (κ3) is 5.61. The Morgan fingerprint density at radius 2 is 1.57 bits per heavy atom. The molecule has 0 unspecified atom stereocenters. The number of hydrogen-bond acceptors (Lipinski definition) is 6. The van der Waals surface area contributed by atoms with Gasteiger partial charge in [-0.25, -0.2) is 4.79 Å². The molecule has 1 amide bonds. The van der Waals surface area contributed by atoms with E-state index in [0.717, 1.165) is 33.0 Å². The van der Waals surface area contributed by atoms with Gasteiger partial charge in [-0.3, -0.25) is 4.79 Å². The summed E-state index contributed by atoms with van der Waals surface area (Å²) in [7, 11) is 0. The second-order valence-electron chi connectivity index (χ2n) is 9.06. The number of aromatic amines is 1. The fourth-order valence-electron chi connectivity index (χ4n) is 4.50. The molecular weight excluding hydrogens is 470 g/mol. The van der Waals surface area contributed by atoms with Crippen molar-refractivity contribution < 1.29 is 19.4 Å². The standard InChI is InChI=1S/C28H31N5O4/c1-4-28(5-2,26(34)35)18-33(27(36)37-6-3)17-19-7-8-24-16-23(14-13-22(24)15-19)20-9-11-21(12-10-20)25-29-31-32-30-25/h7-16H,4-6,17-18H2,1-3H3,(H,34,35)(H,29,30,31,32). The maximum atomic E-state index is 12.7. The molecule has 0 radical (unpaired) electrons. The largest absolute Gasteiger partial charge is 0.481 e. The molecule has 192 valence electrons. The van der Waals surface area contributed by atoms with Crippen LogP contribution in [0.2, 0.25) is 0 Å². The summed E-state index contributed by atoms with van der Waals surface area (Å²) in [6, 6.07) is 20.2. The second-order valence-corrected chi connectivity index (χ2v) is 9.06. The Bertz CT molecular complexity index is 1370. The van der Waals surface area contributed by atoms with E-state index < -0.39 is 17.5 Å². The molecule has 9 heteroatoms. The van der Waals surface area contributed by atoms with E-state index in [9.17, 15) is 14.7 Å². The Hall–Kier alpha value is -4.27. The van der Waals surface area contributed by atoms with Gasteiger partial charge in [0.15, 0.2) is 0 Å². The zero-order valence-electron chi connectivity index (χ0n) is 21.3. The van der Waals surface area contributed by atoms with E-state index in [-0.39, 0.29) is 19.7 Å². The average molecular weight is 502 g/mol. The van der Waals surface area contributed by atoms with Crippen LogP contribution in [-0.4, -0.2) is 55.8 Å². The van der Waals surface area contributed by atoms with Gasteiger partial charge in [-0.05, 0) is 64.6 Å². The number of carbonyl (C=O) groups is 2. The summed E-state index contributed by atoms with van der Waals surface area (Å²) in [6.45, 7) is 6.01. The first-order valence-corrected chi connectivity index (χ1v) is 12.4. The number of benzene rings is 3. The summed E-state index contributed by atoms with van der Waals surface area (Å²) in [5, 5.41) is 26.1. The molecule has 0 atom stereocenters. The number of tetrazole rings is 1. The minimum Gasteiger partial charge on any atom is -0.481 e. The fourth-order valence-corrected chi connectivity index (χ4v) is 4.50. The number of carboxylic acids is 1. The monoisotopic (exact) mass is 501 g/mol. The minimum atomic E-state index is -1.02. The number of amides is 1. The number of rotatable bonds is 10. The van der Waals surface area contributed by atoms with Crippen molar-refractivity contribution in [2.45, 2.75) is 40.2 Å². The van der Waals surface area contributed by atoms with Crippen LogP contribution in [0.15, 0.2) is 60.7 Å². The lowest BCUT2D eigenvalue weighted by Crippen LogP contribution is -2.45. The van der Waals surface area contributed by atoms with Gasteiger partial charge in [-0.1, -0.05) is 62.4 Å². The van der Waals surface area contributed by atoms with Gasteiger partial charge in [0, 0.05) is 18.7 Å². The molecule has 1 aromatic heterocycles. The Morgan fingerprint density at radius 3 is 2.19 bits per heavy atom. The number of nitrogens with zero attached hydrogens (tertiary/aromatic N) is 4. The van der Waals surface area contributed by atoms with Gasteiger partial charge < -0.3 is 14.7 Å². The predicted molar refractivity (Wildman–Crippen MR) is 141 cm³/mol. The second kappa shape index (κ2) is 11.2. The van der Waals surface area contributed by atoms with E-state index in [1.54, 1.807) is 6.92 Å². The summed E-state index contributed by atoms with van der Waals surface area (Å²) in [4.78, 5) is 26.3. The molecule has 0 spiro atoms. The lowest BCUT2D eigenvalue weighted by Gasteiger charge is -2.33. The first-order valence-electron chi connectivity index (χ1n) is 12.4. The number of hydrogen-bond donors (Lipinski definition) is 2. The fraction of sp³-hybridized carbons (Fsp3) is 0.321. The zero-order valence-corrected chi connectivity index (χ0v) is 21.3. The highest BCUT2D eigenvalue weighted by molar-refractivity contribution is 5.88. The van der Waals surface area contributed by atoms with Crippen molar-refractivity contribution in [2.24, 2.45) is 5.41 Å². The van der Waals surface area contributed by atoms with Gasteiger partial charge in [0.25, 0.3) is 0 Å². The molecule has 0 aliphatic carbocycles. The number of H-pyrrole nitrogens is 1. The van der Waals surface area contributed by atoms with Crippen LogP contribution < -0.4 is 0 Å². The van der Waals surface area contributed by atoms with E-state index in [1.807, 2.05) is 56.3 Å². The van der Waals surface area contributed by atoms with E-state index in [2.05, 4.69) is 38.8 Å². The zero-order chi connectivity index (χ0) is 26.4. The van der Waals surface area contributed by atoms with Crippen molar-refractivity contribution in [3.63, 3.8) is 0 Å². The lowest BCUT2D eigenvalue weighted by atomic mass is 9.82. The van der Waals surface area contributed by atoms with Crippen molar-refractivity contribution in [3.8, 4) is 22.5 Å². The topological polar surface area (TPSA) is 121 Å². The van der Waals surface area contributed by atoms with Crippen LogP contribution in [-0.2, 0) is 16.1 Å². The Morgan fingerprint density at radius 1 is 0.919 bits per heavy atom. The molecule has 4 rings (SSSR count). The maximum absolute atomic E-state index is 12.7. The molecule has 0 bridgehead atoms. The molecule has 4 aromatic rings. The highest BCUT2D eigenvalue weighted by atomic mass is 16.6. The molecular formula is C28H31N5O4. The Balaban J connectivity index is 1.57. The summed E-state index contributed by atoms with van der Waals surface area (Å²) in [5.74, 6) is -0.351. The van der Waals surface area contributed by atoms with E-state index in [4.69, 9.17) is 4.74 Å². The van der Waals surface area contributed by atoms with Crippen molar-refractivity contribution in [2.75, 3.05) is 13.2 Å². The van der Waals surface area contributed by atoms with Gasteiger partial charge in [0.2, 0.25) is 5.82 Å². The van der Waals surface area contributed by atoms with Gasteiger partial charge in [0.05, 0.1) is 12.0 Å². The van der Waals surface area contributed by atoms with E-state index >= 15 is 0 Å².